The number of benzene rings is 2. The van der Waals surface area contributed by atoms with Crippen molar-refractivity contribution in [3.05, 3.63) is 85.9 Å². The van der Waals surface area contributed by atoms with Crippen molar-refractivity contribution in [3.8, 4) is 17.5 Å². The number of fused-ring (bicyclic) bond motifs is 1. The van der Waals surface area contributed by atoms with Crippen LogP contribution in [0.2, 0.25) is 0 Å². The van der Waals surface area contributed by atoms with Crippen LogP contribution >= 0.6 is 0 Å². The number of aromatic nitrogens is 2. The van der Waals surface area contributed by atoms with Gasteiger partial charge in [0.15, 0.2) is 6.10 Å². The highest BCUT2D eigenvalue weighted by molar-refractivity contribution is 7.93. The SMILES string of the molecule is CCS(=O)(=O)N(C(=O)C1CCc2ccccc2O1)c1cc(-n2c(=O)cc(C(F)(F)F)n(C)c2=O)c(F)cc1C#N. The second-order valence-corrected chi connectivity index (χ2v) is 10.8. The molecule has 0 bridgehead atoms. The molecule has 0 aliphatic carbocycles. The molecule has 15 heteroatoms. The molecule has 0 radical (unpaired) electrons. The highest BCUT2D eigenvalue weighted by atomic mass is 32.2. The number of hydrogen-bond donors (Lipinski definition) is 0. The minimum Gasteiger partial charge on any atom is -0.480 e. The Morgan fingerprint density at radius 2 is 1.88 bits per heavy atom. The first-order chi connectivity index (χ1) is 18.7. The number of carbonyl (C=O) groups is 1. The number of anilines is 1. The molecule has 1 amide bonds. The summed E-state index contributed by atoms with van der Waals surface area (Å²) in [4.78, 5) is 39.0. The number of nitriles is 1. The van der Waals surface area contributed by atoms with Crippen molar-refractivity contribution in [1.29, 1.82) is 5.26 Å². The van der Waals surface area contributed by atoms with E-state index in [9.17, 15) is 41.2 Å². The molecule has 0 saturated carbocycles. The lowest BCUT2D eigenvalue weighted by Gasteiger charge is -2.30. The molecule has 0 spiro atoms. The summed E-state index contributed by atoms with van der Waals surface area (Å²) in [5, 5.41) is 9.65. The Balaban J connectivity index is 1.93. The van der Waals surface area contributed by atoms with E-state index in [1.54, 1.807) is 30.3 Å². The number of alkyl halides is 3. The van der Waals surface area contributed by atoms with Gasteiger partial charge in [0, 0.05) is 13.1 Å². The molecule has 0 N–H and O–H groups in total. The quantitative estimate of drug-likeness (QED) is 0.424. The molecule has 2 heterocycles. The predicted molar refractivity (Wildman–Crippen MR) is 133 cm³/mol. The van der Waals surface area contributed by atoms with Crippen LogP contribution in [0.5, 0.6) is 5.75 Å². The van der Waals surface area contributed by atoms with Gasteiger partial charge in [0.2, 0.25) is 10.0 Å². The van der Waals surface area contributed by atoms with E-state index in [1.807, 2.05) is 0 Å². The van der Waals surface area contributed by atoms with Gasteiger partial charge in [-0.1, -0.05) is 18.2 Å². The van der Waals surface area contributed by atoms with Crippen LogP contribution in [-0.2, 0) is 34.5 Å². The van der Waals surface area contributed by atoms with Crippen LogP contribution in [0.15, 0.2) is 52.1 Å². The predicted octanol–water partition coefficient (Wildman–Crippen LogP) is 2.64. The summed E-state index contributed by atoms with van der Waals surface area (Å²) in [5.41, 5.74) is -6.33. The fourth-order valence-corrected chi connectivity index (χ4v) is 5.36. The van der Waals surface area contributed by atoms with Gasteiger partial charge in [0.05, 0.1) is 22.7 Å². The molecule has 1 atom stereocenters. The summed E-state index contributed by atoms with van der Waals surface area (Å²) in [5.74, 6) is -2.84. The molecule has 0 fully saturated rings. The topological polar surface area (TPSA) is 131 Å². The fraction of sp³-hybridized carbons (Fsp3) is 0.280. The molecule has 4 rings (SSSR count). The van der Waals surface area contributed by atoms with Gasteiger partial charge in [-0.15, -0.1) is 0 Å². The summed E-state index contributed by atoms with van der Waals surface area (Å²) in [7, 11) is -3.82. The third-order valence-corrected chi connectivity index (χ3v) is 7.95. The molecule has 1 aromatic heterocycles. The highest BCUT2D eigenvalue weighted by Gasteiger charge is 2.39. The standard InChI is InChI=1S/C25H20F4N4O6S/c1-3-40(37,38)33(23(35)20-9-8-14-6-4-5-7-19(14)39-20)17-11-18(16(26)10-15(17)13-30)32-22(34)12-21(25(27,28)29)31(2)24(32)36/h4-7,10-12,20H,3,8-9H2,1-2H3. The summed E-state index contributed by atoms with van der Waals surface area (Å²) in [6.07, 6.45) is -6.01. The summed E-state index contributed by atoms with van der Waals surface area (Å²) < 4.78 is 87.4. The number of ether oxygens (including phenoxy) is 1. The largest absolute Gasteiger partial charge is 0.480 e. The van der Waals surface area contributed by atoms with E-state index in [-0.39, 0.29) is 25.9 Å². The van der Waals surface area contributed by atoms with Gasteiger partial charge < -0.3 is 4.74 Å². The third-order valence-electron chi connectivity index (χ3n) is 6.29. The van der Waals surface area contributed by atoms with Crippen molar-refractivity contribution < 1.29 is 35.5 Å². The number of aryl methyl sites for hydroxylation is 1. The lowest BCUT2D eigenvalue weighted by atomic mass is 10.0. The monoisotopic (exact) mass is 580 g/mol. The van der Waals surface area contributed by atoms with Crippen molar-refractivity contribution in [3.63, 3.8) is 0 Å². The first kappa shape index (κ1) is 28.6. The number of hydrogen-bond acceptors (Lipinski definition) is 7. The molecule has 1 aliphatic heterocycles. The minimum absolute atomic E-state index is 0.0454. The van der Waals surface area contributed by atoms with Gasteiger partial charge in [-0.3, -0.25) is 14.2 Å². The summed E-state index contributed by atoms with van der Waals surface area (Å²) >= 11 is 0. The number of rotatable bonds is 5. The van der Waals surface area contributed by atoms with E-state index in [0.717, 1.165) is 5.56 Å². The van der Waals surface area contributed by atoms with Crippen LogP contribution in [0.25, 0.3) is 5.69 Å². The van der Waals surface area contributed by atoms with E-state index in [0.29, 0.717) is 31.4 Å². The van der Waals surface area contributed by atoms with E-state index < -0.39 is 73.7 Å². The summed E-state index contributed by atoms with van der Waals surface area (Å²) in [6, 6.07) is 9.46. The van der Waals surface area contributed by atoms with E-state index in [4.69, 9.17) is 4.74 Å². The van der Waals surface area contributed by atoms with Crippen molar-refractivity contribution in [2.45, 2.75) is 32.0 Å². The number of halogens is 4. The van der Waals surface area contributed by atoms with Crippen molar-refractivity contribution >= 4 is 21.6 Å². The van der Waals surface area contributed by atoms with Crippen molar-refractivity contribution in [2.24, 2.45) is 7.05 Å². The highest BCUT2D eigenvalue weighted by Crippen LogP contribution is 2.33. The van der Waals surface area contributed by atoms with E-state index in [2.05, 4.69) is 0 Å². The zero-order valence-electron chi connectivity index (χ0n) is 20.9. The maximum absolute atomic E-state index is 15.1. The van der Waals surface area contributed by atoms with E-state index in [1.165, 1.54) is 6.92 Å². The Labute approximate surface area is 224 Å². The van der Waals surface area contributed by atoms with Gasteiger partial charge >= 0.3 is 11.9 Å². The zero-order chi connectivity index (χ0) is 29.6. The Bertz CT molecular complexity index is 1790. The van der Waals surface area contributed by atoms with Crippen molar-refractivity contribution in [2.75, 3.05) is 10.1 Å². The average molecular weight is 581 g/mol. The third kappa shape index (κ3) is 4.97. The van der Waals surface area contributed by atoms with Gasteiger partial charge in [-0.2, -0.15) is 18.4 Å². The molecular formula is C25H20F4N4O6S. The molecule has 3 aromatic rings. The van der Waals surface area contributed by atoms with Crippen LogP contribution in [0.1, 0.15) is 30.2 Å². The molecule has 10 nitrogen and oxygen atoms in total. The number of carbonyl (C=O) groups excluding carboxylic acids is 1. The Kier molecular flexibility index (Phi) is 7.33. The smallest absolute Gasteiger partial charge is 0.431 e. The number of para-hydroxylation sites is 1. The first-order valence-electron chi connectivity index (χ1n) is 11.7. The van der Waals surface area contributed by atoms with Gasteiger partial charge in [0.25, 0.3) is 11.5 Å². The number of nitrogens with zero attached hydrogens (tertiary/aromatic N) is 4. The number of sulfonamides is 1. The van der Waals surface area contributed by atoms with Gasteiger partial charge in [-0.05, 0) is 43.5 Å². The molecule has 40 heavy (non-hydrogen) atoms. The Morgan fingerprint density at radius 1 is 1.20 bits per heavy atom. The van der Waals surface area contributed by atoms with Crippen LogP contribution < -0.4 is 20.3 Å². The first-order valence-corrected chi connectivity index (χ1v) is 13.3. The van der Waals surface area contributed by atoms with Crippen molar-refractivity contribution in [1.82, 2.24) is 9.13 Å². The molecule has 210 valence electrons. The van der Waals surface area contributed by atoms with Crippen LogP contribution in [0.3, 0.4) is 0 Å². The molecular weight excluding hydrogens is 560 g/mol. The average Bonchev–Trinajstić information content (AvgIpc) is 2.91. The minimum atomic E-state index is -5.09. The molecule has 1 unspecified atom stereocenters. The lowest BCUT2D eigenvalue weighted by molar-refractivity contribution is -0.144. The molecule has 0 saturated heterocycles. The zero-order valence-corrected chi connectivity index (χ0v) is 21.7. The normalized spacial score (nSPS) is 15.1. The van der Waals surface area contributed by atoms with E-state index >= 15 is 4.39 Å². The summed E-state index contributed by atoms with van der Waals surface area (Å²) in [6.45, 7) is 1.21. The van der Waals surface area contributed by atoms with Gasteiger partial charge in [0.1, 0.15) is 23.3 Å². The second kappa shape index (κ2) is 10.3. The Hall–Kier alpha value is -4.45. The number of amides is 1. The lowest BCUT2D eigenvalue weighted by Crippen LogP contribution is -2.47. The maximum Gasteiger partial charge on any atom is 0.431 e. The van der Waals surface area contributed by atoms with Crippen LogP contribution in [0, 0.1) is 17.1 Å². The maximum atomic E-state index is 15.1. The van der Waals surface area contributed by atoms with Crippen LogP contribution in [-0.4, -0.2) is 35.3 Å². The van der Waals surface area contributed by atoms with Crippen LogP contribution in [0.4, 0.5) is 23.2 Å². The van der Waals surface area contributed by atoms with Gasteiger partial charge in [-0.25, -0.2) is 26.5 Å². The molecule has 1 aliphatic rings. The second-order valence-electron chi connectivity index (χ2n) is 8.73. The molecule has 2 aromatic carbocycles. The fourth-order valence-electron chi connectivity index (χ4n) is 4.26. The Morgan fingerprint density at radius 3 is 2.50 bits per heavy atom.